The normalized spacial score (nSPS) is 8.44. The minimum atomic E-state index is -0.478. The van der Waals surface area contributed by atoms with Gasteiger partial charge in [-0.3, -0.25) is 0 Å². The van der Waals surface area contributed by atoms with Gasteiger partial charge in [0.25, 0.3) is 0 Å². The summed E-state index contributed by atoms with van der Waals surface area (Å²) in [5, 5.41) is 0. The molecule has 0 aliphatic heterocycles. The first-order valence-corrected chi connectivity index (χ1v) is 2.27. The smallest absolute Gasteiger partial charge is 0.204 e. The predicted molar refractivity (Wildman–Crippen MR) is 29.9 cm³/mol. The van der Waals surface area contributed by atoms with Crippen molar-refractivity contribution >= 4 is 0 Å². The number of hydrogen-bond donors (Lipinski definition) is 0. The van der Waals surface area contributed by atoms with Gasteiger partial charge in [0.15, 0.2) is 5.82 Å². The maximum absolute atomic E-state index is 12.0. The Hall–Kier alpha value is -1.43. The second-order valence-electron chi connectivity index (χ2n) is 1.37. The summed E-state index contributed by atoms with van der Waals surface area (Å²) in [6, 6.07) is 0. The number of terminal acetylenes is 1. The number of rotatable bonds is 0. The van der Waals surface area contributed by atoms with Gasteiger partial charge in [0.1, 0.15) is 0 Å². The molecule has 0 radical (unpaired) electrons. The van der Waals surface area contributed by atoms with Gasteiger partial charge in [-0.1, -0.05) is 0 Å². The van der Waals surface area contributed by atoms with Crippen LogP contribution in [0.25, 0.3) is 0 Å². The fourth-order valence-electron chi connectivity index (χ4n) is 0.387. The van der Waals surface area contributed by atoms with Gasteiger partial charge in [-0.05, 0) is 5.92 Å². The lowest BCUT2D eigenvalue weighted by atomic mass is 10.5. The van der Waals surface area contributed by atoms with Crippen molar-refractivity contribution in [3.8, 4) is 12.3 Å². The van der Waals surface area contributed by atoms with Crippen molar-refractivity contribution in [2.24, 2.45) is 0 Å². The number of nitrogens with zero attached hydrogens (tertiary/aromatic N) is 2. The molecule has 0 saturated carbocycles. The van der Waals surface area contributed by atoms with Crippen molar-refractivity contribution in [3.05, 3.63) is 24.0 Å². The molecule has 1 aromatic heterocycles. The number of aromatic nitrogens is 2. The van der Waals surface area contributed by atoms with E-state index in [1.165, 1.54) is 0 Å². The number of hydrogen-bond acceptors (Lipinski definition) is 2. The highest BCUT2D eigenvalue weighted by atomic mass is 19.1. The highest BCUT2D eigenvalue weighted by Crippen LogP contribution is 1.89. The van der Waals surface area contributed by atoms with Crippen LogP contribution in [0, 0.1) is 18.2 Å². The van der Waals surface area contributed by atoms with E-state index in [0.717, 1.165) is 12.4 Å². The second-order valence-corrected chi connectivity index (χ2v) is 1.37. The first-order chi connectivity index (χ1) is 4.33. The van der Waals surface area contributed by atoms with Crippen LogP contribution in [0.5, 0.6) is 0 Å². The van der Waals surface area contributed by atoms with Crippen LogP contribution in [0.4, 0.5) is 4.39 Å². The molecular formula is C6H3FN2. The summed E-state index contributed by atoms with van der Waals surface area (Å²) in [5.41, 5.74) is 0. The van der Waals surface area contributed by atoms with Crippen molar-refractivity contribution in [1.29, 1.82) is 0 Å². The summed E-state index contributed by atoms with van der Waals surface area (Å²) in [7, 11) is 0. The lowest BCUT2D eigenvalue weighted by Crippen LogP contribution is -1.87. The largest absolute Gasteiger partial charge is 0.226 e. The Morgan fingerprint density at radius 3 is 2.44 bits per heavy atom. The minimum Gasteiger partial charge on any atom is -0.226 e. The number of halogens is 1. The van der Waals surface area contributed by atoms with Crippen molar-refractivity contribution in [1.82, 2.24) is 9.97 Å². The van der Waals surface area contributed by atoms with Gasteiger partial charge < -0.3 is 0 Å². The first-order valence-electron chi connectivity index (χ1n) is 2.27. The van der Waals surface area contributed by atoms with Crippen LogP contribution in [0.15, 0.2) is 12.4 Å². The van der Waals surface area contributed by atoms with E-state index in [1.54, 1.807) is 0 Å². The molecule has 9 heavy (non-hydrogen) atoms. The zero-order valence-electron chi connectivity index (χ0n) is 4.50. The minimum absolute atomic E-state index is 0.205. The zero-order valence-corrected chi connectivity index (χ0v) is 4.50. The molecular weight excluding hydrogens is 119 g/mol. The molecule has 0 N–H and O–H groups in total. The Bertz CT molecular complexity index is 234. The highest BCUT2D eigenvalue weighted by molar-refractivity contribution is 5.13. The van der Waals surface area contributed by atoms with E-state index in [0.29, 0.717) is 0 Å². The average molecular weight is 122 g/mol. The van der Waals surface area contributed by atoms with Crippen molar-refractivity contribution in [2.45, 2.75) is 0 Å². The molecule has 0 atom stereocenters. The molecule has 0 aromatic carbocycles. The van der Waals surface area contributed by atoms with E-state index in [2.05, 4.69) is 15.9 Å². The third-order valence-corrected chi connectivity index (χ3v) is 0.749. The zero-order chi connectivity index (χ0) is 6.69. The molecule has 1 heterocycles. The summed E-state index contributed by atoms with van der Waals surface area (Å²) in [4.78, 5) is 6.95. The molecule has 1 rings (SSSR count). The van der Waals surface area contributed by atoms with Crippen LogP contribution in [0.2, 0.25) is 0 Å². The van der Waals surface area contributed by atoms with Crippen LogP contribution in [0.3, 0.4) is 0 Å². The van der Waals surface area contributed by atoms with Crippen molar-refractivity contribution in [3.63, 3.8) is 0 Å². The molecule has 0 saturated heterocycles. The van der Waals surface area contributed by atoms with E-state index in [-0.39, 0.29) is 5.82 Å². The van der Waals surface area contributed by atoms with Crippen LogP contribution in [0.1, 0.15) is 5.82 Å². The Labute approximate surface area is 51.8 Å². The van der Waals surface area contributed by atoms with E-state index in [1.807, 2.05) is 0 Å². The molecule has 0 spiro atoms. The maximum Gasteiger partial charge on any atom is 0.204 e. The fourth-order valence-corrected chi connectivity index (χ4v) is 0.387. The third-order valence-electron chi connectivity index (χ3n) is 0.749. The molecule has 2 nitrogen and oxygen atoms in total. The SMILES string of the molecule is C#Cc1ncc(F)cn1. The van der Waals surface area contributed by atoms with Crippen LogP contribution in [-0.2, 0) is 0 Å². The van der Waals surface area contributed by atoms with Gasteiger partial charge >= 0.3 is 0 Å². The topological polar surface area (TPSA) is 25.8 Å². The van der Waals surface area contributed by atoms with Gasteiger partial charge in [-0.15, -0.1) is 6.42 Å². The molecule has 1 aromatic rings. The van der Waals surface area contributed by atoms with Gasteiger partial charge in [0.05, 0.1) is 12.4 Å². The molecule has 0 amide bonds. The predicted octanol–water partition coefficient (Wildman–Crippen LogP) is 0.597. The van der Waals surface area contributed by atoms with Crippen LogP contribution >= 0.6 is 0 Å². The summed E-state index contributed by atoms with van der Waals surface area (Å²) in [5.74, 6) is 1.89. The Morgan fingerprint density at radius 2 is 2.00 bits per heavy atom. The summed E-state index contributed by atoms with van der Waals surface area (Å²) < 4.78 is 12.0. The third kappa shape index (κ3) is 1.23. The van der Waals surface area contributed by atoms with Gasteiger partial charge in [-0.2, -0.15) is 0 Å². The molecule has 44 valence electrons. The van der Waals surface area contributed by atoms with E-state index in [9.17, 15) is 4.39 Å². The van der Waals surface area contributed by atoms with Crippen molar-refractivity contribution < 1.29 is 4.39 Å². The van der Waals surface area contributed by atoms with E-state index >= 15 is 0 Å². The summed E-state index contributed by atoms with van der Waals surface area (Å²) >= 11 is 0. The van der Waals surface area contributed by atoms with Gasteiger partial charge in [0, 0.05) is 0 Å². The van der Waals surface area contributed by atoms with E-state index < -0.39 is 5.82 Å². The lowest BCUT2D eigenvalue weighted by Gasteiger charge is -1.85. The quantitative estimate of drug-likeness (QED) is 0.471. The summed E-state index contributed by atoms with van der Waals surface area (Å²) in [6.07, 6.45) is 6.96. The Morgan fingerprint density at radius 1 is 1.44 bits per heavy atom. The van der Waals surface area contributed by atoms with Crippen LogP contribution < -0.4 is 0 Å². The Balaban J connectivity index is 3.06. The molecule has 0 aliphatic rings. The van der Waals surface area contributed by atoms with E-state index in [4.69, 9.17) is 6.42 Å². The molecule has 0 fully saturated rings. The average Bonchev–Trinajstić information content (AvgIpc) is 1.90. The molecule has 0 unspecified atom stereocenters. The second kappa shape index (κ2) is 2.23. The fraction of sp³-hybridized carbons (Fsp3) is 0. The monoisotopic (exact) mass is 122 g/mol. The summed E-state index contributed by atoms with van der Waals surface area (Å²) in [6.45, 7) is 0. The molecule has 3 heteroatoms. The van der Waals surface area contributed by atoms with Gasteiger partial charge in [-0.25, -0.2) is 14.4 Å². The Kier molecular flexibility index (Phi) is 1.41. The van der Waals surface area contributed by atoms with Gasteiger partial charge in [0.2, 0.25) is 5.82 Å². The van der Waals surface area contributed by atoms with Crippen LogP contribution in [-0.4, -0.2) is 9.97 Å². The van der Waals surface area contributed by atoms with Crippen molar-refractivity contribution in [2.75, 3.05) is 0 Å². The molecule has 0 aliphatic carbocycles. The lowest BCUT2D eigenvalue weighted by molar-refractivity contribution is 0.612. The molecule has 0 bridgehead atoms. The first kappa shape index (κ1) is 5.70. The standard InChI is InChI=1S/C6H3FN2/c1-2-6-8-3-5(7)4-9-6/h1,3-4H. The highest BCUT2D eigenvalue weighted by Gasteiger charge is 1.89. The maximum atomic E-state index is 12.0.